The summed E-state index contributed by atoms with van der Waals surface area (Å²) in [5.74, 6) is 0.0212. The largest absolute Gasteiger partial charge is 0.384 e. The van der Waals surface area contributed by atoms with Gasteiger partial charge < -0.3 is 10.6 Å². The maximum absolute atomic E-state index is 12.3. The van der Waals surface area contributed by atoms with Gasteiger partial charge in [0.05, 0.1) is 0 Å². The molecule has 0 atom stereocenters. The Bertz CT molecular complexity index is 626. The van der Waals surface area contributed by atoms with Gasteiger partial charge in [0.25, 0.3) is 5.91 Å². The van der Waals surface area contributed by atoms with E-state index in [-0.39, 0.29) is 16.9 Å². The molecule has 1 amide bonds. The topological polar surface area (TPSA) is 59.2 Å². The van der Waals surface area contributed by atoms with Gasteiger partial charge in [-0.15, -0.1) is 0 Å². The van der Waals surface area contributed by atoms with Crippen molar-refractivity contribution in [1.82, 2.24) is 9.88 Å². The van der Waals surface area contributed by atoms with E-state index in [4.69, 9.17) is 28.9 Å². The zero-order chi connectivity index (χ0) is 14.7. The first-order valence-electron chi connectivity index (χ1n) is 5.89. The molecule has 0 fully saturated rings. The van der Waals surface area contributed by atoms with Crippen LogP contribution in [0.1, 0.15) is 15.9 Å². The van der Waals surface area contributed by atoms with Crippen molar-refractivity contribution in [3.8, 4) is 0 Å². The molecule has 0 unspecified atom stereocenters. The standard InChI is InChI=1S/C14H13Cl2N3O/c1-19(8-9-4-2-3-5-11(9)15)14(20)10-6-12(16)18-13(17)7-10/h2-7H,8H2,1H3,(H2,17,18). The second-order valence-electron chi connectivity index (χ2n) is 4.36. The van der Waals surface area contributed by atoms with Crippen molar-refractivity contribution < 1.29 is 4.79 Å². The first-order valence-corrected chi connectivity index (χ1v) is 6.65. The highest BCUT2D eigenvalue weighted by Crippen LogP contribution is 2.19. The molecule has 4 nitrogen and oxygen atoms in total. The minimum absolute atomic E-state index is 0.194. The molecular weight excluding hydrogens is 297 g/mol. The summed E-state index contributed by atoms with van der Waals surface area (Å²) < 4.78 is 0. The fourth-order valence-corrected chi connectivity index (χ4v) is 2.23. The summed E-state index contributed by atoms with van der Waals surface area (Å²) in [5, 5.41) is 0.818. The lowest BCUT2D eigenvalue weighted by molar-refractivity contribution is 0.0785. The van der Waals surface area contributed by atoms with Crippen LogP contribution in [0.15, 0.2) is 36.4 Å². The van der Waals surface area contributed by atoms with Gasteiger partial charge >= 0.3 is 0 Å². The van der Waals surface area contributed by atoms with Gasteiger partial charge in [-0.2, -0.15) is 0 Å². The Kier molecular flexibility index (Phi) is 4.47. The summed E-state index contributed by atoms with van der Waals surface area (Å²) in [5.41, 5.74) is 6.86. The van der Waals surface area contributed by atoms with Gasteiger partial charge in [0.1, 0.15) is 11.0 Å². The minimum Gasteiger partial charge on any atom is -0.384 e. The van der Waals surface area contributed by atoms with E-state index in [1.807, 2.05) is 18.2 Å². The third-order valence-electron chi connectivity index (χ3n) is 2.77. The number of nitrogens with zero attached hydrogens (tertiary/aromatic N) is 2. The van der Waals surface area contributed by atoms with Gasteiger partial charge in [-0.05, 0) is 23.8 Å². The Morgan fingerprint density at radius 2 is 2.00 bits per heavy atom. The molecule has 0 saturated heterocycles. The molecular formula is C14H13Cl2N3O. The van der Waals surface area contributed by atoms with Gasteiger partial charge in [0.15, 0.2) is 0 Å². The molecule has 2 aromatic rings. The van der Waals surface area contributed by atoms with Crippen LogP contribution in [-0.2, 0) is 6.54 Å². The number of aromatic nitrogens is 1. The minimum atomic E-state index is -0.194. The maximum atomic E-state index is 12.3. The molecule has 0 bridgehead atoms. The van der Waals surface area contributed by atoms with Crippen LogP contribution in [0.2, 0.25) is 10.2 Å². The predicted molar refractivity (Wildman–Crippen MR) is 80.9 cm³/mol. The number of nitrogen functional groups attached to an aromatic ring is 1. The molecule has 0 aliphatic carbocycles. The number of nitrogens with two attached hydrogens (primary N) is 1. The first kappa shape index (κ1) is 14.6. The molecule has 1 heterocycles. The summed E-state index contributed by atoms with van der Waals surface area (Å²) in [6.45, 7) is 0.401. The number of carbonyl (C=O) groups excluding carboxylic acids is 1. The van der Waals surface area contributed by atoms with Gasteiger partial charge in [0.2, 0.25) is 0 Å². The second-order valence-corrected chi connectivity index (χ2v) is 5.15. The molecule has 0 radical (unpaired) electrons. The van der Waals surface area contributed by atoms with E-state index in [2.05, 4.69) is 4.98 Å². The third-order valence-corrected chi connectivity index (χ3v) is 3.34. The van der Waals surface area contributed by atoms with Crippen molar-refractivity contribution in [2.75, 3.05) is 12.8 Å². The van der Waals surface area contributed by atoms with E-state index in [0.29, 0.717) is 17.1 Å². The lowest BCUT2D eigenvalue weighted by Crippen LogP contribution is -2.26. The number of anilines is 1. The number of hydrogen-bond acceptors (Lipinski definition) is 3. The highest BCUT2D eigenvalue weighted by Gasteiger charge is 2.14. The van der Waals surface area contributed by atoms with E-state index < -0.39 is 0 Å². The molecule has 20 heavy (non-hydrogen) atoms. The maximum Gasteiger partial charge on any atom is 0.254 e. The Hall–Kier alpha value is -1.78. The lowest BCUT2D eigenvalue weighted by atomic mass is 10.2. The van der Waals surface area contributed by atoms with Gasteiger partial charge in [0, 0.05) is 24.2 Å². The van der Waals surface area contributed by atoms with E-state index in [0.717, 1.165) is 5.56 Å². The normalized spacial score (nSPS) is 10.3. The molecule has 0 aliphatic rings. The Morgan fingerprint density at radius 3 is 2.65 bits per heavy atom. The number of hydrogen-bond donors (Lipinski definition) is 1. The average molecular weight is 310 g/mol. The molecule has 0 spiro atoms. The summed E-state index contributed by atoms with van der Waals surface area (Å²) in [4.78, 5) is 17.7. The fraction of sp³-hybridized carbons (Fsp3) is 0.143. The Labute approximate surface area is 127 Å². The van der Waals surface area contributed by atoms with Crippen LogP contribution >= 0.6 is 23.2 Å². The Morgan fingerprint density at radius 1 is 1.30 bits per heavy atom. The quantitative estimate of drug-likeness (QED) is 0.885. The van der Waals surface area contributed by atoms with Gasteiger partial charge in [-0.1, -0.05) is 41.4 Å². The molecule has 2 rings (SSSR count). The zero-order valence-electron chi connectivity index (χ0n) is 10.8. The number of pyridine rings is 1. The molecule has 0 saturated carbocycles. The number of rotatable bonds is 3. The number of carbonyl (C=O) groups is 1. The van der Waals surface area contributed by atoms with E-state index >= 15 is 0 Å². The van der Waals surface area contributed by atoms with E-state index in [9.17, 15) is 4.79 Å². The predicted octanol–water partition coefficient (Wildman–Crippen LogP) is 3.24. The summed E-state index contributed by atoms with van der Waals surface area (Å²) in [6, 6.07) is 10.4. The summed E-state index contributed by atoms with van der Waals surface area (Å²) in [7, 11) is 1.69. The first-order chi connectivity index (χ1) is 9.47. The lowest BCUT2D eigenvalue weighted by Gasteiger charge is -2.18. The van der Waals surface area contributed by atoms with Crippen molar-refractivity contribution in [1.29, 1.82) is 0 Å². The summed E-state index contributed by atoms with van der Waals surface area (Å²) in [6.07, 6.45) is 0. The Balaban J connectivity index is 2.18. The second kappa shape index (κ2) is 6.11. The van der Waals surface area contributed by atoms with Gasteiger partial charge in [-0.3, -0.25) is 4.79 Å². The third kappa shape index (κ3) is 3.40. The van der Waals surface area contributed by atoms with Gasteiger partial charge in [-0.25, -0.2) is 4.98 Å². The van der Waals surface area contributed by atoms with E-state index in [1.165, 1.54) is 12.1 Å². The molecule has 1 aromatic carbocycles. The molecule has 1 aromatic heterocycles. The van der Waals surface area contributed by atoms with E-state index in [1.54, 1.807) is 18.0 Å². The number of amides is 1. The van der Waals surface area contributed by atoms with Crippen molar-refractivity contribution in [3.05, 3.63) is 57.7 Å². The van der Waals surface area contributed by atoms with Crippen LogP contribution in [0, 0.1) is 0 Å². The van der Waals surface area contributed by atoms with Crippen LogP contribution in [0.3, 0.4) is 0 Å². The van der Waals surface area contributed by atoms with Crippen LogP contribution in [0.25, 0.3) is 0 Å². The van der Waals surface area contributed by atoms with Crippen molar-refractivity contribution in [2.45, 2.75) is 6.54 Å². The molecule has 2 N–H and O–H groups in total. The van der Waals surface area contributed by atoms with Crippen molar-refractivity contribution in [2.24, 2.45) is 0 Å². The highest BCUT2D eigenvalue weighted by molar-refractivity contribution is 6.31. The average Bonchev–Trinajstić information content (AvgIpc) is 2.39. The van der Waals surface area contributed by atoms with Crippen LogP contribution in [0.5, 0.6) is 0 Å². The zero-order valence-corrected chi connectivity index (χ0v) is 12.3. The van der Waals surface area contributed by atoms with Crippen LogP contribution in [-0.4, -0.2) is 22.8 Å². The number of benzene rings is 1. The SMILES string of the molecule is CN(Cc1ccccc1Cl)C(=O)c1cc(N)nc(Cl)c1. The van der Waals surface area contributed by atoms with Crippen LogP contribution in [0.4, 0.5) is 5.82 Å². The summed E-state index contributed by atoms with van der Waals surface area (Å²) >= 11 is 11.9. The molecule has 104 valence electrons. The van der Waals surface area contributed by atoms with Crippen LogP contribution < -0.4 is 5.73 Å². The monoisotopic (exact) mass is 309 g/mol. The molecule has 0 aliphatic heterocycles. The van der Waals surface area contributed by atoms with Crippen molar-refractivity contribution in [3.63, 3.8) is 0 Å². The fourth-order valence-electron chi connectivity index (χ4n) is 1.81. The number of halogens is 2. The highest BCUT2D eigenvalue weighted by atomic mass is 35.5. The smallest absolute Gasteiger partial charge is 0.254 e. The van der Waals surface area contributed by atoms with Crippen molar-refractivity contribution >= 4 is 34.9 Å². The molecule has 6 heteroatoms.